The van der Waals surface area contributed by atoms with Crippen molar-refractivity contribution in [1.29, 1.82) is 0 Å². The Morgan fingerprint density at radius 3 is 2.80 bits per heavy atom. The SMILES string of the molecule is Cc1cccc(CSc2nc(C)ccc2C(N)=NO)c1. The van der Waals surface area contributed by atoms with Crippen LogP contribution in [0, 0.1) is 13.8 Å². The topological polar surface area (TPSA) is 71.5 Å². The summed E-state index contributed by atoms with van der Waals surface area (Å²) in [6.07, 6.45) is 0. The molecule has 0 unspecified atom stereocenters. The van der Waals surface area contributed by atoms with E-state index in [1.54, 1.807) is 11.8 Å². The predicted molar refractivity (Wildman–Crippen MR) is 82.2 cm³/mol. The van der Waals surface area contributed by atoms with Gasteiger partial charge >= 0.3 is 0 Å². The molecule has 0 aliphatic rings. The van der Waals surface area contributed by atoms with Gasteiger partial charge in [0.15, 0.2) is 5.84 Å². The molecule has 1 aromatic heterocycles. The number of nitrogens with zero attached hydrogens (tertiary/aromatic N) is 2. The summed E-state index contributed by atoms with van der Waals surface area (Å²) in [7, 11) is 0. The molecule has 2 rings (SSSR count). The molecule has 0 bridgehead atoms. The second kappa shape index (κ2) is 6.43. The van der Waals surface area contributed by atoms with Crippen molar-refractivity contribution >= 4 is 17.6 Å². The number of oxime groups is 1. The van der Waals surface area contributed by atoms with Gasteiger partial charge in [0.05, 0.1) is 5.56 Å². The zero-order valence-electron chi connectivity index (χ0n) is 11.5. The number of benzene rings is 1. The fourth-order valence-electron chi connectivity index (χ4n) is 1.85. The van der Waals surface area contributed by atoms with Crippen LogP contribution in [0.4, 0.5) is 0 Å². The summed E-state index contributed by atoms with van der Waals surface area (Å²) in [4.78, 5) is 4.47. The van der Waals surface area contributed by atoms with Gasteiger partial charge in [-0.15, -0.1) is 11.8 Å². The molecule has 0 saturated carbocycles. The molecule has 0 amide bonds. The van der Waals surface area contributed by atoms with Crippen molar-refractivity contribution in [2.24, 2.45) is 10.9 Å². The number of amidine groups is 1. The Morgan fingerprint density at radius 2 is 2.10 bits per heavy atom. The quantitative estimate of drug-likeness (QED) is 0.298. The first kappa shape index (κ1) is 14.4. The highest BCUT2D eigenvalue weighted by atomic mass is 32.2. The minimum absolute atomic E-state index is 0.0873. The molecule has 104 valence electrons. The second-order valence-electron chi connectivity index (χ2n) is 4.57. The van der Waals surface area contributed by atoms with Crippen molar-refractivity contribution in [3.8, 4) is 0 Å². The van der Waals surface area contributed by atoms with E-state index in [1.807, 2.05) is 25.1 Å². The van der Waals surface area contributed by atoms with Gasteiger partial charge in [0.1, 0.15) is 5.03 Å². The molecule has 20 heavy (non-hydrogen) atoms. The molecular formula is C15H17N3OS. The molecule has 0 aliphatic carbocycles. The minimum Gasteiger partial charge on any atom is -0.409 e. The highest BCUT2D eigenvalue weighted by molar-refractivity contribution is 7.98. The van der Waals surface area contributed by atoms with Crippen LogP contribution < -0.4 is 5.73 Å². The van der Waals surface area contributed by atoms with E-state index in [0.29, 0.717) is 5.56 Å². The maximum absolute atomic E-state index is 8.83. The fourth-order valence-corrected chi connectivity index (χ4v) is 2.86. The molecule has 2 aromatic rings. The first-order chi connectivity index (χ1) is 9.60. The summed E-state index contributed by atoms with van der Waals surface area (Å²) < 4.78 is 0. The summed E-state index contributed by atoms with van der Waals surface area (Å²) >= 11 is 1.58. The monoisotopic (exact) mass is 287 g/mol. The van der Waals surface area contributed by atoms with Gasteiger partial charge in [-0.2, -0.15) is 0 Å². The van der Waals surface area contributed by atoms with Crippen molar-refractivity contribution in [3.05, 3.63) is 58.8 Å². The smallest absolute Gasteiger partial charge is 0.172 e. The van der Waals surface area contributed by atoms with Gasteiger partial charge < -0.3 is 10.9 Å². The molecule has 5 heteroatoms. The van der Waals surface area contributed by atoms with Gasteiger partial charge in [-0.1, -0.05) is 35.0 Å². The molecule has 0 spiro atoms. The van der Waals surface area contributed by atoms with Crippen LogP contribution >= 0.6 is 11.8 Å². The lowest BCUT2D eigenvalue weighted by atomic mass is 10.2. The molecule has 1 heterocycles. The summed E-state index contributed by atoms with van der Waals surface area (Å²) in [6.45, 7) is 3.99. The summed E-state index contributed by atoms with van der Waals surface area (Å²) in [6, 6.07) is 12.0. The molecule has 3 N–H and O–H groups in total. The predicted octanol–water partition coefficient (Wildman–Crippen LogP) is 3.09. The van der Waals surface area contributed by atoms with Crippen molar-refractivity contribution < 1.29 is 5.21 Å². The van der Waals surface area contributed by atoms with E-state index in [-0.39, 0.29) is 5.84 Å². The average Bonchev–Trinajstić information content (AvgIpc) is 2.44. The van der Waals surface area contributed by atoms with Crippen LogP contribution in [0.2, 0.25) is 0 Å². The van der Waals surface area contributed by atoms with Crippen LogP contribution in [0.5, 0.6) is 0 Å². The molecule has 0 radical (unpaired) electrons. The van der Waals surface area contributed by atoms with E-state index in [4.69, 9.17) is 10.9 Å². The van der Waals surface area contributed by atoms with Gasteiger partial charge in [-0.05, 0) is 31.5 Å². The Balaban J connectivity index is 2.22. The van der Waals surface area contributed by atoms with E-state index in [9.17, 15) is 0 Å². The number of aromatic nitrogens is 1. The third-order valence-corrected chi connectivity index (χ3v) is 3.90. The minimum atomic E-state index is 0.0873. The molecule has 0 aliphatic heterocycles. The van der Waals surface area contributed by atoms with E-state index >= 15 is 0 Å². The Bertz CT molecular complexity index is 641. The van der Waals surface area contributed by atoms with E-state index in [1.165, 1.54) is 11.1 Å². The van der Waals surface area contributed by atoms with Crippen molar-refractivity contribution in [1.82, 2.24) is 4.98 Å². The zero-order valence-corrected chi connectivity index (χ0v) is 12.3. The number of nitrogens with two attached hydrogens (primary N) is 1. The molecular weight excluding hydrogens is 270 g/mol. The Labute approximate surface area is 122 Å². The standard InChI is InChI=1S/C15H17N3OS/c1-10-4-3-5-12(8-10)9-20-15-13(14(16)18-19)7-6-11(2)17-15/h3-8,19H,9H2,1-2H3,(H2,16,18). The molecule has 0 fully saturated rings. The Morgan fingerprint density at radius 1 is 1.30 bits per heavy atom. The first-order valence-corrected chi connectivity index (χ1v) is 7.22. The number of aryl methyl sites for hydroxylation is 2. The Kier molecular flexibility index (Phi) is 4.63. The third kappa shape index (κ3) is 3.51. The van der Waals surface area contributed by atoms with Crippen LogP contribution in [0.25, 0.3) is 0 Å². The van der Waals surface area contributed by atoms with E-state index < -0.39 is 0 Å². The summed E-state index contributed by atoms with van der Waals surface area (Å²) in [5.74, 6) is 0.883. The second-order valence-corrected chi connectivity index (χ2v) is 5.53. The molecule has 4 nitrogen and oxygen atoms in total. The van der Waals surface area contributed by atoms with Gasteiger partial charge in [0, 0.05) is 11.4 Å². The molecule has 0 saturated heterocycles. The van der Waals surface area contributed by atoms with Crippen LogP contribution in [0.1, 0.15) is 22.4 Å². The van der Waals surface area contributed by atoms with Gasteiger partial charge in [-0.25, -0.2) is 4.98 Å². The van der Waals surface area contributed by atoms with Gasteiger partial charge in [-0.3, -0.25) is 0 Å². The number of thioether (sulfide) groups is 1. The van der Waals surface area contributed by atoms with E-state index in [0.717, 1.165) is 16.5 Å². The number of pyridine rings is 1. The maximum Gasteiger partial charge on any atom is 0.172 e. The molecule has 1 aromatic carbocycles. The highest BCUT2D eigenvalue weighted by Crippen LogP contribution is 2.25. The van der Waals surface area contributed by atoms with Crippen molar-refractivity contribution in [2.75, 3.05) is 0 Å². The maximum atomic E-state index is 8.83. The lowest BCUT2D eigenvalue weighted by Crippen LogP contribution is -2.15. The van der Waals surface area contributed by atoms with Crippen LogP contribution in [-0.4, -0.2) is 16.0 Å². The molecule has 0 atom stereocenters. The van der Waals surface area contributed by atoms with Gasteiger partial charge in [0.25, 0.3) is 0 Å². The lowest BCUT2D eigenvalue weighted by molar-refractivity contribution is 0.318. The summed E-state index contributed by atoms with van der Waals surface area (Å²) in [5, 5.41) is 12.7. The van der Waals surface area contributed by atoms with Crippen LogP contribution in [0.3, 0.4) is 0 Å². The summed E-state index contributed by atoms with van der Waals surface area (Å²) in [5.41, 5.74) is 9.72. The highest BCUT2D eigenvalue weighted by Gasteiger charge is 2.10. The number of hydrogen-bond acceptors (Lipinski definition) is 4. The van der Waals surface area contributed by atoms with Gasteiger partial charge in [0.2, 0.25) is 0 Å². The number of hydrogen-bond donors (Lipinski definition) is 2. The Hall–Kier alpha value is -2.01. The normalized spacial score (nSPS) is 11.6. The fraction of sp³-hybridized carbons (Fsp3) is 0.200. The lowest BCUT2D eigenvalue weighted by Gasteiger charge is -2.08. The van der Waals surface area contributed by atoms with Crippen LogP contribution in [-0.2, 0) is 5.75 Å². The number of rotatable bonds is 4. The van der Waals surface area contributed by atoms with Crippen molar-refractivity contribution in [3.63, 3.8) is 0 Å². The largest absolute Gasteiger partial charge is 0.409 e. The van der Waals surface area contributed by atoms with Crippen molar-refractivity contribution in [2.45, 2.75) is 24.6 Å². The average molecular weight is 287 g/mol. The zero-order chi connectivity index (χ0) is 14.5. The third-order valence-electron chi connectivity index (χ3n) is 2.84. The first-order valence-electron chi connectivity index (χ1n) is 6.24. The van der Waals surface area contributed by atoms with Crippen LogP contribution in [0.15, 0.2) is 46.6 Å². The van der Waals surface area contributed by atoms with E-state index in [2.05, 4.69) is 35.3 Å².